The lowest BCUT2D eigenvalue weighted by atomic mass is 10.2. The number of hydrogen-bond donors (Lipinski definition) is 2. The number of sulfonamides is 1. The van der Waals surface area contributed by atoms with Crippen molar-refractivity contribution in [3.63, 3.8) is 0 Å². The molecule has 0 saturated carbocycles. The van der Waals surface area contributed by atoms with Gasteiger partial charge in [-0.15, -0.1) is 0 Å². The van der Waals surface area contributed by atoms with Crippen molar-refractivity contribution in [3.05, 3.63) is 94.0 Å². The Kier molecular flexibility index (Phi) is 5.89. The van der Waals surface area contributed by atoms with E-state index in [0.29, 0.717) is 11.3 Å². The van der Waals surface area contributed by atoms with E-state index in [1.165, 1.54) is 24.4 Å². The van der Waals surface area contributed by atoms with Crippen molar-refractivity contribution in [1.29, 1.82) is 0 Å². The van der Waals surface area contributed by atoms with Crippen LogP contribution < -0.4 is 4.72 Å². The molecule has 0 amide bonds. The van der Waals surface area contributed by atoms with Gasteiger partial charge in [-0.2, -0.15) is 0 Å². The molecule has 0 heterocycles. The number of nitrogens with zero attached hydrogens (tertiary/aromatic N) is 2. The number of rotatable bonds is 7. The molecule has 2 N–H and O–H groups in total. The van der Waals surface area contributed by atoms with Crippen LogP contribution in [0.3, 0.4) is 0 Å². The Morgan fingerprint density at radius 1 is 1.03 bits per heavy atom. The van der Waals surface area contributed by atoms with E-state index in [1.54, 1.807) is 54.6 Å². The summed E-state index contributed by atoms with van der Waals surface area (Å²) in [5.41, 5.74) is 1.14. The molecule has 9 heteroatoms. The lowest BCUT2D eigenvalue weighted by Gasteiger charge is -2.10. The van der Waals surface area contributed by atoms with Crippen LogP contribution in [0, 0.1) is 10.1 Å². The van der Waals surface area contributed by atoms with E-state index in [1.807, 2.05) is 0 Å². The van der Waals surface area contributed by atoms with Gasteiger partial charge in [-0.25, -0.2) is 8.42 Å². The third kappa shape index (κ3) is 5.39. The molecule has 0 fully saturated rings. The number of para-hydroxylation sites is 2. The first-order valence-electron chi connectivity index (χ1n) is 8.49. The maximum absolute atomic E-state index is 12.5. The molecule has 0 atom stereocenters. The first kappa shape index (κ1) is 20.0. The zero-order valence-electron chi connectivity index (χ0n) is 15.1. The molecule has 148 valence electrons. The fourth-order valence-corrected chi connectivity index (χ4v) is 3.78. The zero-order chi connectivity index (χ0) is 20.9. The Morgan fingerprint density at radius 3 is 2.45 bits per heavy atom. The average molecular weight is 411 g/mol. The molecule has 3 aromatic rings. The van der Waals surface area contributed by atoms with Crippen molar-refractivity contribution in [3.8, 4) is 5.75 Å². The number of anilines is 1. The zero-order valence-corrected chi connectivity index (χ0v) is 15.9. The summed E-state index contributed by atoms with van der Waals surface area (Å²) in [6.07, 6.45) is 1.24. The van der Waals surface area contributed by atoms with Crippen molar-refractivity contribution in [2.24, 2.45) is 4.99 Å². The highest BCUT2D eigenvalue weighted by atomic mass is 32.2. The van der Waals surface area contributed by atoms with Crippen molar-refractivity contribution in [2.45, 2.75) is 5.75 Å². The molecule has 0 aliphatic rings. The normalized spacial score (nSPS) is 11.4. The maximum Gasteiger partial charge on any atom is 0.270 e. The number of non-ortho nitro benzene ring substituents is 1. The summed E-state index contributed by atoms with van der Waals surface area (Å²) in [7, 11) is -3.68. The van der Waals surface area contributed by atoms with Gasteiger partial charge < -0.3 is 5.11 Å². The summed E-state index contributed by atoms with van der Waals surface area (Å²) in [5, 5.41) is 20.8. The monoisotopic (exact) mass is 411 g/mol. The fourth-order valence-electron chi connectivity index (χ4n) is 2.57. The lowest BCUT2D eigenvalue weighted by Crippen LogP contribution is -2.15. The van der Waals surface area contributed by atoms with E-state index < -0.39 is 14.9 Å². The number of aromatic hydroxyl groups is 1. The summed E-state index contributed by atoms with van der Waals surface area (Å²) in [4.78, 5) is 14.5. The molecule has 0 saturated heterocycles. The molecule has 0 bridgehead atoms. The van der Waals surface area contributed by atoms with Gasteiger partial charge in [0.1, 0.15) is 5.75 Å². The Balaban J connectivity index is 1.85. The molecule has 8 nitrogen and oxygen atoms in total. The Morgan fingerprint density at radius 2 is 1.72 bits per heavy atom. The number of nitro groups is 1. The summed E-state index contributed by atoms with van der Waals surface area (Å²) < 4.78 is 27.5. The van der Waals surface area contributed by atoms with Crippen LogP contribution in [0.2, 0.25) is 0 Å². The van der Waals surface area contributed by atoms with Gasteiger partial charge in [0.05, 0.1) is 22.1 Å². The van der Waals surface area contributed by atoms with Crippen LogP contribution in [-0.2, 0) is 15.8 Å². The molecule has 0 aliphatic carbocycles. The summed E-state index contributed by atoms with van der Waals surface area (Å²) in [5.74, 6) is -0.376. The first-order valence-corrected chi connectivity index (χ1v) is 10.1. The number of nitrogens with one attached hydrogen (secondary N) is 1. The van der Waals surface area contributed by atoms with E-state index in [0.717, 1.165) is 0 Å². The number of phenolic OH excluding ortho intramolecular Hbond substituents is 1. The van der Waals surface area contributed by atoms with Gasteiger partial charge in [0.15, 0.2) is 0 Å². The minimum Gasteiger partial charge on any atom is -0.507 e. The van der Waals surface area contributed by atoms with Crippen LogP contribution in [0.4, 0.5) is 17.1 Å². The predicted molar refractivity (Wildman–Crippen MR) is 111 cm³/mol. The van der Waals surface area contributed by atoms with E-state index in [-0.39, 0.29) is 28.4 Å². The van der Waals surface area contributed by atoms with E-state index in [9.17, 15) is 23.6 Å². The van der Waals surface area contributed by atoms with Gasteiger partial charge in [-0.05, 0) is 23.8 Å². The van der Waals surface area contributed by atoms with Crippen LogP contribution in [-0.4, -0.2) is 24.7 Å². The molecule has 0 aromatic heterocycles. The van der Waals surface area contributed by atoms with Crippen LogP contribution >= 0.6 is 0 Å². The minimum absolute atomic E-state index is 0.140. The van der Waals surface area contributed by atoms with Crippen LogP contribution in [0.1, 0.15) is 11.1 Å². The topological polar surface area (TPSA) is 122 Å². The molecule has 0 aliphatic heterocycles. The maximum atomic E-state index is 12.5. The number of aliphatic imine (C=N–C) groups is 1. The molecular formula is C20H17N3O5S. The molecular weight excluding hydrogens is 394 g/mol. The van der Waals surface area contributed by atoms with E-state index >= 15 is 0 Å². The largest absolute Gasteiger partial charge is 0.507 e. The van der Waals surface area contributed by atoms with Crippen molar-refractivity contribution in [2.75, 3.05) is 4.72 Å². The quantitative estimate of drug-likeness (QED) is 0.346. The number of phenols is 1. The highest BCUT2D eigenvalue weighted by Gasteiger charge is 2.14. The Hall–Kier alpha value is -3.72. The molecule has 3 aromatic carbocycles. The molecule has 0 spiro atoms. The predicted octanol–water partition coefficient (Wildman–Crippen LogP) is 3.99. The van der Waals surface area contributed by atoms with Gasteiger partial charge in [0, 0.05) is 23.9 Å². The smallest absolute Gasteiger partial charge is 0.270 e. The Labute approximate surface area is 167 Å². The molecule has 3 rings (SSSR count). The Bertz CT molecular complexity index is 1160. The standard InChI is InChI=1S/C20H17N3O5S/c24-20-11-10-17(23(25)26)12-16(20)13-21-18-8-4-5-9-19(18)22-29(27,28)14-15-6-2-1-3-7-15/h1-13,22,24H,14H2. The second-order valence-corrected chi connectivity index (χ2v) is 7.84. The van der Waals surface area contributed by atoms with Crippen LogP contribution in [0.5, 0.6) is 5.75 Å². The van der Waals surface area contributed by atoms with E-state index in [2.05, 4.69) is 9.71 Å². The van der Waals surface area contributed by atoms with Crippen LogP contribution in [0.15, 0.2) is 77.8 Å². The highest BCUT2D eigenvalue weighted by Crippen LogP contribution is 2.27. The number of nitro benzene ring substituents is 1. The van der Waals surface area contributed by atoms with Crippen LogP contribution in [0.25, 0.3) is 0 Å². The van der Waals surface area contributed by atoms with E-state index in [4.69, 9.17) is 0 Å². The van der Waals surface area contributed by atoms with Crippen molar-refractivity contribution in [1.82, 2.24) is 0 Å². The molecule has 0 unspecified atom stereocenters. The van der Waals surface area contributed by atoms with Gasteiger partial charge in [-0.3, -0.25) is 19.8 Å². The van der Waals surface area contributed by atoms with Gasteiger partial charge >= 0.3 is 0 Å². The van der Waals surface area contributed by atoms with Gasteiger partial charge in [-0.1, -0.05) is 42.5 Å². The summed E-state index contributed by atoms with van der Waals surface area (Å²) in [6, 6.07) is 18.8. The second kappa shape index (κ2) is 8.53. The third-order valence-corrected chi connectivity index (χ3v) is 5.18. The second-order valence-electron chi connectivity index (χ2n) is 6.12. The lowest BCUT2D eigenvalue weighted by molar-refractivity contribution is -0.384. The number of hydrogen-bond acceptors (Lipinski definition) is 6. The van der Waals surface area contributed by atoms with Crippen molar-refractivity contribution < 1.29 is 18.4 Å². The van der Waals surface area contributed by atoms with Gasteiger partial charge in [0.2, 0.25) is 10.0 Å². The average Bonchev–Trinajstić information content (AvgIpc) is 2.68. The summed E-state index contributed by atoms with van der Waals surface area (Å²) in [6.45, 7) is 0. The first-order chi connectivity index (χ1) is 13.8. The summed E-state index contributed by atoms with van der Waals surface area (Å²) >= 11 is 0. The molecule has 29 heavy (non-hydrogen) atoms. The van der Waals surface area contributed by atoms with Crippen molar-refractivity contribution >= 4 is 33.3 Å². The number of benzene rings is 3. The fraction of sp³-hybridized carbons (Fsp3) is 0.0500. The highest BCUT2D eigenvalue weighted by molar-refractivity contribution is 7.91. The third-order valence-electron chi connectivity index (χ3n) is 3.93. The molecule has 0 radical (unpaired) electrons. The van der Waals surface area contributed by atoms with Gasteiger partial charge in [0.25, 0.3) is 5.69 Å². The SMILES string of the molecule is O=[N+]([O-])c1ccc(O)c(C=Nc2ccccc2NS(=O)(=O)Cc2ccccc2)c1. The minimum atomic E-state index is -3.68.